The maximum atomic E-state index is 13.7. The van der Waals surface area contributed by atoms with Crippen molar-refractivity contribution in [2.45, 2.75) is 25.9 Å². The molecule has 1 aromatic heterocycles. The Hall–Kier alpha value is -1.95. The summed E-state index contributed by atoms with van der Waals surface area (Å²) in [7, 11) is 0. The summed E-state index contributed by atoms with van der Waals surface area (Å²) in [5.41, 5.74) is 0. The second kappa shape index (κ2) is 6.04. The summed E-state index contributed by atoms with van der Waals surface area (Å²) in [5, 5.41) is 0.401. The Bertz CT molecular complexity index is 721. The summed E-state index contributed by atoms with van der Waals surface area (Å²) < 4.78 is 19.6. The van der Waals surface area contributed by atoms with E-state index >= 15 is 0 Å². The number of hydrogen-bond acceptors (Lipinski definition) is 4. The van der Waals surface area contributed by atoms with Crippen molar-refractivity contribution < 1.29 is 18.7 Å². The third kappa shape index (κ3) is 2.83. The lowest BCUT2D eigenvalue weighted by atomic mass is 10.2. The second-order valence-corrected chi connectivity index (χ2v) is 6.43. The molecule has 1 aromatic carbocycles. The molecule has 2 aromatic rings. The number of halogens is 1. The molecule has 1 fully saturated rings. The van der Waals surface area contributed by atoms with Crippen LogP contribution in [0, 0.1) is 5.82 Å². The van der Waals surface area contributed by atoms with Crippen molar-refractivity contribution in [1.29, 1.82) is 0 Å². The van der Waals surface area contributed by atoms with Gasteiger partial charge in [-0.05, 0) is 38.0 Å². The summed E-state index contributed by atoms with van der Waals surface area (Å²) >= 11 is 1.17. The average Bonchev–Trinajstić information content (AvgIpc) is 3.16. The number of nitrogens with zero attached hydrogens (tertiary/aromatic N) is 1. The SMILES string of the molecule is C[C@@H](OC(=O)c1cc2c(F)cccc2s1)C(=O)N1CCCC1. The number of rotatable bonds is 3. The van der Waals surface area contributed by atoms with Gasteiger partial charge in [0.15, 0.2) is 6.10 Å². The number of carbonyl (C=O) groups excluding carboxylic acids is 2. The van der Waals surface area contributed by atoms with Crippen LogP contribution in [0.1, 0.15) is 29.4 Å². The van der Waals surface area contributed by atoms with Gasteiger partial charge in [-0.2, -0.15) is 0 Å². The van der Waals surface area contributed by atoms with Gasteiger partial charge in [-0.3, -0.25) is 4.79 Å². The van der Waals surface area contributed by atoms with E-state index in [0.29, 0.717) is 15.0 Å². The van der Waals surface area contributed by atoms with E-state index in [0.717, 1.165) is 25.9 Å². The average molecular weight is 321 g/mol. The Morgan fingerprint density at radius 3 is 2.73 bits per heavy atom. The Balaban J connectivity index is 1.72. The molecule has 1 aliphatic heterocycles. The van der Waals surface area contributed by atoms with Crippen LogP contribution in [0.5, 0.6) is 0 Å². The van der Waals surface area contributed by atoms with E-state index in [1.807, 2.05) is 0 Å². The second-order valence-electron chi connectivity index (χ2n) is 5.34. The third-order valence-electron chi connectivity index (χ3n) is 3.76. The Morgan fingerprint density at radius 2 is 2.05 bits per heavy atom. The first-order valence-electron chi connectivity index (χ1n) is 7.24. The Morgan fingerprint density at radius 1 is 1.32 bits per heavy atom. The molecule has 0 unspecified atom stereocenters. The highest BCUT2D eigenvalue weighted by atomic mass is 32.1. The van der Waals surface area contributed by atoms with Crippen LogP contribution >= 0.6 is 11.3 Å². The molecular weight excluding hydrogens is 305 g/mol. The molecule has 0 saturated carbocycles. The van der Waals surface area contributed by atoms with Crippen molar-refractivity contribution in [3.05, 3.63) is 35.0 Å². The number of likely N-dealkylation sites (tertiary alicyclic amines) is 1. The van der Waals surface area contributed by atoms with Crippen molar-refractivity contribution >= 4 is 33.3 Å². The van der Waals surface area contributed by atoms with E-state index in [1.165, 1.54) is 23.5 Å². The highest BCUT2D eigenvalue weighted by Crippen LogP contribution is 2.28. The number of hydrogen-bond donors (Lipinski definition) is 0. The normalized spacial score (nSPS) is 16.0. The van der Waals surface area contributed by atoms with E-state index in [4.69, 9.17) is 4.74 Å². The Kier molecular flexibility index (Phi) is 4.11. The zero-order valence-electron chi connectivity index (χ0n) is 12.2. The standard InChI is InChI=1S/C16H16FNO3S/c1-10(15(19)18-7-2-3-8-18)21-16(20)14-9-11-12(17)5-4-6-13(11)22-14/h4-6,9-10H,2-3,7-8H2,1H3/t10-/m1/s1. The first-order valence-corrected chi connectivity index (χ1v) is 8.06. The summed E-state index contributed by atoms with van der Waals surface area (Å²) in [6.45, 7) is 3.01. The van der Waals surface area contributed by atoms with Gasteiger partial charge in [-0.15, -0.1) is 11.3 Å². The molecule has 0 aliphatic carbocycles. The third-order valence-corrected chi connectivity index (χ3v) is 4.84. The largest absolute Gasteiger partial charge is 0.448 e. The minimum absolute atomic E-state index is 0.168. The van der Waals surface area contributed by atoms with Crippen LogP contribution in [0.2, 0.25) is 0 Å². The molecule has 116 valence electrons. The Labute approximate surface area is 131 Å². The molecule has 1 aliphatic rings. The zero-order chi connectivity index (χ0) is 15.7. The molecule has 22 heavy (non-hydrogen) atoms. The minimum Gasteiger partial charge on any atom is -0.448 e. The van der Waals surface area contributed by atoms with Crippen LogP contribution in [-0.2, 0) is 9.53 Å². The topological polar surface area (TPSA) is 46.6 Å². The number of carbonyl (C=O) groups is 2. The summed E-state index contributed by atoms with van der Waals surface area (Å²) in [6.07, 6.45) is 1.16. The molecule has 1 atom stereocenters. The fraction of sp³-hybridized carbons (Fsp3) is 0.375. The van der Waals surface area contributed by atoms with Gasteiger partial charge in [-0.25, -0.2) is 9.18 Å². The summed E-state index contributed by atoms with van der Waals surface area (Å²) in [4.78, 5) is 26.3. The molecule has 2 heterocycles. The highest BCUT2D eigenvalue weighted by molar-refractivity contribution is 7.20. The van der Waals surface area contributed by atoms with Crippen LogP contribution in [-0.4, -0.2) is 36.0 Å². The minimum atomic E-state index is -0.819. The summed E-state index contributed by atoms with van der Waals surface area (Å²) in [6, 6.07) is 6.18. The van der Waals surface area contributed by atoms with E-state index in [2.05, 4.69) is 0 Å². The van der Waals surface area contributed by atoms with Crippen LogP contribution in [0.25, 0.3) is 10.1 Å². The maximum absolute atomic E-state index is 13.7. The van der Waals surface area contributed by atoms with Gasteiger partial charge in [0.1, 0.15) is 10.7 Å². The van der Waals surface area contributed by atoms with E-state index < -0.39 is 12.1 Å². The smallest absolute Gasteiger partial charge is 0.349 e. The monoisotopic (exact) mass is 321 g/mol. The van der Waals surface area contributed by atoms with Crippen molar-refractivity contribution in [3.8, 4) is 0 Å². The van der Waals surface area contributed by atoms with Crippen LogP contribution in [0.4, 0.5) is 4.39 Å². The highest BCUT2D eigenvalue weighted by Gasteiger charge is 2.26. The number of esters is 1. The molecular formula is C16H16FNO3S. The number of fused-ring (bicyclic) bond motifs is 1. The molecule has 6 heteroatoms. The van der Waals surface area contributed by atoms with Crippen molar-refractivity contribution in [1.82, 2.24) is 4.90 Å². The summed E-state index contributed by atoms with van der Waals surface area (Å²) in [5.74, 6) is -1.12. The quantitative estimate of drug-likeness (QED) is 0.816. The zero-order valence-corrected chi connectivity index (χ0v) is 13.0. The van der Waals surface area contributed by atoms with Gasteiger partial charge >= 0.3 is 5.97 Å². The predicted molar refractivity (Wildman–Crippen MR) is 82.5 cm³/mol. The van der Waals surface area contributed by atoms with Crippen molar-refractivity contribution in [2.24, 2.45) is 0 Å². The van der Waals surface area contributed by atoms with Gasteiger partial charge in [-0.1, -0.05) is 6.07 Å². The lowest BCUT2D eigenvalue weighted by molar-refractivity contribution is -0.138. The van der Waals surface area contributed by atoms with Gasteiger partial charge in [0, 0.05) is 23.2 Å². The van der Waals surface area contributed by atoms with E-state index in [-0.39, 0.29) is 11.7 Å². The van der Waals surface area contributed by atoms with E-state index in [1.54, 1.807) is 24.0 Å². The van der Waals surface area contributed by atoms with E-state index in [9.17, 15) is 14.0 Å². The molecule has 0 bridgehead atoms. The van der Waals surface area contributed by atoms with Gasteiger partial charge in [0.2, 0.25) is 0 Å². The van der Waals surface area contributed by atoms with Crippen LogP contribution in [0.3, 0.4) is 0 Å². The van der Waals surface area contributed by atoms with Crippen molar-refractivity contribution in [3.63, 3.8) is 0 Å². The molecule has 0 N–H and O–H groups in total. The number of amides is 1. The fourth-order valence-electron chi connectivity index (χ4n) is 2.59. The molecule has 3 rings (SSSR count). The number of benzene rings is 1. The molecule has 4 nitrogen and oxygen atoms in total. The molecule has 1 amide bonds. The lowest BCUT2D eigenvalue weighted by Crippen LogP contribution is -2.38. The fourth-order valence-corrected chi connectivity index (χ4v) is 3.55. The molecule has 0 spiro atoms. The van der Waals surface area contributed by atoms with Gasteiger partial charge < -0.3 is 9.64 Å². The van der Waals surface area contributed by atoms with Gasteiger partial charge in [0.05, 0.1) is 0 Å². The molecule has 1 saturated heterocycles. The number of ether oxygens (including phenoxy) is 1. The lowest BCUT2D eigenvalue weighted by Gasteiger charge is -2.20. The van der Waals surface area contributed by atoms with Crippen molar-refractivity contribution in [2.75, 3.05) is 13.1 Å². The first-order chi connectivity index (χ1) is 10.6. The molecule has 0 radical (unpaired) electrons. The van der Waals surface area contributed by atoms with Crippen LogP contribution < -0.4 is 0 Å². The maximum Gasteiger partial charge on any atom is 0.349 e. The number of thiophene rings is 1. The first kappa shape index (κ1) is 15.0. The van der Waals surface area contributed by atoms with Gasteiger partial charge in [0.25, 0.3) is 5.91 Å². The van der Waals surface area contributed by atoms with Crippen LogP contribution in [0.15, 0.2) is 24.3 Å². The predicted octanol–water partition coefficient (Wildman–Crippen LogP) is 3.21.